The average Bonchev–Trinajstić information content (AvgIpc) is 2.91. The number of aromatic nitrogens is 1. The number of esters is 1. The molecule has 6 heteroatoms. The van der Waals surface area contributed by atoms with E-state index in [-0.39, 0.29) is 12.5 Å². The van der Waals surface area contributed by atoms with Crippen LogP contribution in [-0.2, 0) is 16.1 Å². The van der Waals surface area contributed by atoms with Crippen molar-refractivity contribution in [3.63, 3.8) is 0 Å². The van der Waals surface area contributed by atoms with Gasteiger partial charge >= 0.3 is 5.97 Å². The number of rotatable bonds is 5. The standard InChI is InChI=1S/C15H14N2O4/c1-3-13(18)17-12-6-4-11(5-7-12)15(19)20-9-14-16-8-10(2)21-14/h3-8H,1,9H2,2H3,(H,17,18). The summed E-state index contributed by atoms with van der Waals surface area (Å²) in [4.78, 5) is 26.9. The molecule has 6 nitrogen and oxygen atoms in total. The first-order valence-corrected chi connectivity index (χ1v) is 6.20. The summed E-state index contributed by atoms with van der Waals surface area (Å²) in [6.07, 6.45) is 2.72. The van der Waals surface area contributed by atoms with Crippen LogP contribution < -0.4 is 5.32 Å². The fourth-order valence-electron chi connectivity index (χ4n) is 1.56. The molecule has 0 fully saturated rings. The molecular formula is C15H14N2O4. The van der Waals surface area contributed by atoms with Gasteiger partial charge in [0.15, 0.2) is 6.61 Å². The van der Waals surface area contributed by atoms with Gasteiger partial charge in [-0.25, -0.2) is 9.78 Å². The number of benzene rings is 1. The Kier molecular flexibility index (Phi) is 4.50. The lowest BCUT2D eigenvalue weighted by Crippen LogP contribution is -2.08. The Hall–Kier alpha value is -2.89. The van der Waals surface area contributed by atoms with Crippen LogP contribution in [0.15, 0.2) is 47.5 Å². The Labute approximate surface area is 121 Å². The van der Waals surface area contributed by atoms with Crippen molar-refractivity contribution in [3.8, 4) is 0 Å². The minimum Gasteiger partial charge on any atom is -0.452 e. The highest BCUT2D eigenvalue weighted by atomic mass is 16.5. The quantitative estimate of drug-likeness (QED) is 0.674. The summed E-state index contributed by atoms with van der Waals surface area (Å²) in [5.41, 5.74) is 0.939. The summed E-state index contributed by atoms with van der Waals surface area (Å²) in [5.74, 6) is 0.191. The molecule has 0 saturated heterocycles. The van der Waals surface area contributed by atoms with Gasteiger partial charge in [0, 0.05) is 5.69 Å². The summed E-state index contributed by atoms with van der Waals surface area (Å²) in [6.45, 7) is 5.09. The van der Waals surface area contributed by atoms with Gasteiger partial charge in [-0.1, -0.05) is 6.58 Å². The van der Waals surface area contributed by atoms with Gasteiger partial charge in [0.25, 0.3) is 0 Å². The molecule has 0 atom stereocenters. The molecule has 0 spiro atoms. The van der Waals surface area contributed by atoms with Gasteiger partial charge in [-0.15, -0.1) is 0 Å². The number of carbonyl (C=O) groups excluding carboxylic acids is 2. The minimum absolute atomic E-state index is 0.0262. The fourth-order valence-corrected chi connectivity index (χ4v) is 1.56. The zero-order valence-electron chi connectivity index (χ0n) is 11.5. The fraction of sp³-hybridized carbons (Fsp3) is 0.133. The van der Waals surface area contributed by atoms with Crippen molar-refractivity contribution in [2.24, 2.45) is 0 Å². The zero-order valence-corrected chi connectivity index (χ0v) is 11.5. The maximum absolute atomic E-state index is 11.8. The topological polar surface area (TPSA) is 81.4 Å². The van der Waals surface area contributed by atoms with Crippen LogP contribution in [0.5, 0.6) is 0 Å². The number of nitrogens with one attached hydrogen (secondary N) is 1. The molecule has 0 aliphatic rings. The normalized spacial score (nSPS) is 9.95. The molecular weight excluding hydrogens is 272 g/mol. The van der Waals surface area contributed by atoms with Gasteiger partial charge in [-0.2, -0.15) is 0 Å². The number of anilines is 1. The van der Waals surface area contributed by atoms with Crippen LogP contribution in [0.1, 0.15) is 22.0 Å². The summed E-state index contributed by atoms with van der Waals surface area (Å²) < 4.78 is 10.3. The van der Waals surface area contributed by atoms with Crippen molar-refractivity contribution < 1.29 is 18.7 Å². The van der Waals surface area contributed by atoms with Gasteiger partial charge in [-0.3, -0.25) is 4.79 Å². The van der Waals surface area contributed by atoms with E-state index in [1.54, 1.807) is 37.4 Å². The smallest absolute Gasteiger partial charge is 0.338 e. The molecule has 1 amide bonds. The number of aryl methyl sites for hydroxylation is 1. The van der Waals surface area contributed by atoms with E-state index < -0.39 is 5.97 Å². The molecule has 0 unspecified atom stereocenters. The van der Waals surface area contributed by atoms with Crippen molar-refractivity contribution in [2.45, 2.75) is 13.5 Å². The third kappa shape index (κ3) is 4.04. The molecule has 0 aliphatic heterocycles. The van der Waals surface area contributed by atoms with Crippen LogP contribution in [0.4, 0.5) is 5.69 Å². The van der Waals surface area contributed by atoms with Crippen LogP contribution in [0.3, 0.4) is 0 Å². The van der Waals surface area contributed by atoms with E-state index in [0.29, 0.717) is 22.9 Å². The Bertz CT molecular complexity index is 659. The van der Waals surface area contributed by atoms with E-state index in [4.69, 9.17) is 9.15 Å². The predicted molar refractivity (Wildman–Crippen MR) is 75.6 cm³/mol. The molecule has 2 aromatic rings. The summed E-state index contributed by atoms with van der Waals surface area (Å²) in [7, 11) is 0. The second-order valence-corrected chi connectivity index (χ2v) is 4.21. The number of amides is 1. The van der Waals surface area contributed by atoms with Gasteiger partial charge < -0.3 is 14.5 Å². The summed E-state index contributed by atoms with van der Waals surface area (Å²) >= 11 is 0. The lowest BCUT2D eigenvalue weighted by molar-refractivity contribution is -0.111. The third-order valence-corrected chi connectivity index (χ3v) is 2.57. The highest BCUT2D eigenvalue weighted by molar-refractivity contribution is 5.99. The SMILES string of the molecule is C=CC(=O)Nc1ccc(C(=O)OCc2ncc(C)o2)cc1. The monoisotopic (exact) mass is 286 g/mol. The Morgan fingerprint density at radius 2 is 2.10 bits per heavy atom. The molecule has 108 valence electrons. The molecule has 1 heterocycles. The van der Waals surface area contributed by atoms with Crippen molar-refractivity contribution in [1.29, 1.82) is 0 Å². The van der Waals surface area contributed by atoms with Crippen LogP contribution in [0.25, 0.3) is 0 Å². The third-order valence-electron chi connectivity index (χ3n) is 2.57. The van der Waals surface area contributed by atoms with E-state index in [1.807, 2.05) is 0 Å². The Morgan fingerprint density at radius 1 is 1.38 bits per heavy atom. The highest BCUT2D eigenvalue weighted by Gasteiger charge is 2.09. The number of nitrogens with zero attached hydrogens (tertiary/aromatic N) is 1. The maximum atomic E-state index is 11.8. The van der Waals surface area contributed by atoms with E-state index >= 15 is 0 Å². The second-order valence-electron chi connectivity index (χ2n) is 4.21. The van der Waals surface area contributed by atoms with Crippen molar-refractivity contribution >= 4 is 17.6 Å². The first-order chi connectivity index (χ1) is 10.1. The molecule has 1 N–H and O–H groups in total. The molecule has 1 aromatic carbocycles. The lowest BCUT2D eigenvalue weighted by Gasteiger charge is -2.05. The first kappa shape index (κ1) is 14.5. The largest absolute Gasteiger partial charge is 0.452 e. The highest BCUT2D eigenvalue weighted by Crippen LogP contribution is 2.12. The minimum atomic E-state index is -0.493. The van der Waals surface area contributed by atoms with Crippen molar-refractivity contribution in [3.05, 3.63) is 60.3 Å². The average molecular weight is 286 g/mol. The Balaban J connectivity index is 1.93. The maximum Gasteiger partial charge on any atom is 0.338 e. The van der Waals surface area contributed by atoms with Crippen LogP contribution >= 0.6 is 0 Å². The van der Waals surface area contributed by atoms with E-state index in [1.165, 1.54) is 6.08 Å². The molecule has 1 aromatic heterocycles. The molecule has 0 bridgehead atoms. The number of hydrogen-bond acceptors (Lipinski definition) is 5. The van der Waals surface area contributed by atoms with Gasteiger partial charge in [-0.05, 0) is 37.3 Å². The van der Waals surface area contributed by atoms with Crippen molar-refractivity contribution in [1.82, 2.24) is 4.98 Å². The van der Waals surface area contributed by atoms with E-state index in [2.05, 4.69) is 16.9 Å². The summed E-state index contributed by atoms with van der Waals surface area (Å²) in [6, 6.07) is 6.32. The predicted octanol–water partition coefficient (Wildman–Crippen LogP) is 2.46. The van der Waals surface area contributed by atoms with Crippen LogP contribution in [0.2, 0.25) is 0 Å². The lowest BCUT2D eigenvalue weighted by atomic mass is 10.2. The van der Waals surface area contributed by atoms with Crippen molar-refractivity contribution in [2.75, 3.05) is 5.32 Å². The first-order valence-electron chi connectivity index (χ1n) is 6.20. The second kappa shape index (κ2) is 6.51. The van der Waals surface area contributed by atoms with Gasteiger partial charge in [0.05, 0.1) is 11.8 Å². The Morgan fingerprint density at radius 3 is 2.67 bits per heavy atom. The molecule has 21 heavy (non-hydrogen) atoms. The van der Waals surface area contributed by atoms with E-state index in [9.17, 15) is 9.59 Å². The number of carbonyl (C=O) groups is 2. The van der Waals surface area contributed by atoms with Gasteiger partial charge in [0.1, 0.15) is 5.76 Å². The zero-order chi connectivity index (χ0) is 15.2. The van der Waals surface area contributed by atoms with Crippen LogP contribution in [0, 0.1) is 6.92 Å². The number of ether oxygens (including phenoxy) is 1. The number of oxazole rings is 1. The van der Waals surface area contributed by atoms with E-state index in [0.717, 1.165) is 0 Å². The van der Waals surface area contributed by atoms with Gasteiger partial charge in [0.2, 0.25) is 11.8 Å². The molecule has 2 rings (SSSR count). The van der Waals surface area contributed by atoms with Crippen LogP contribution in [-0.4, -0.2) is 16.9 Å². The summed E-state index contributed by atoms with van der Waals surface area (Å²) in [5, 5.41) is 2.58. The molecule has 0 radical (unpaired) electrons. The molecule has 0 saturated carbocycles. The number of hydrogen-bond donors (Lipinski definition) is 1. The molecule has 0 aliphatic carbocycles.